The SMILES string of the molecule is CS(=O)(=O)Nc1nc2n(n1)[C@@H](c1ccccc1)C=C(c1ccc(Br)cc1)N2. The van der Waals surface area contributed by atoms with Crippen LogP contribution < -0.4 is 10.0 Å². The summed E-state index contributed by atoms with van der Waals surface area (Å²) in [4.78, 5) is 4.31. The maximum Gasteiger partial charge on any atom is 0.257 e. The van der Waals surface area contributed by atoms with Crippen molar-refractivity contribution in [2.45, 2.75) is 6.04 Å². The number of nitrogens with zero attached hydrogens (tertiary/aromatic N) is 3. The highest BCUT2D eigenvalue weighted by atomic mass is 79.9. The van der Waals surface area contributed by atoms with Crippen molar-refractivity contribution in [3.05, 3.63) is 76.3 Å². The molecular formula is C18H16BrN5O2S. The van der Waals surface area contributed by atoms with Crippen LogP contribution in [0, 0.1) is 0 Å². The minimum atomic E-state index is -3.47. The Bertz CT molecular complexity index is 1110. The first-order valence-corrected chi connectivity index (χ1v) is 10.8. The number of sulfonamides is 1. The summed E-state index contributed by atoms with van der Waals surface area (Å²) in [7, 11) is -3.47. The Morgan fingerprint density at radius 2 is 1.81 bits per heavy atom. The maximum atomic E-state index is 11.5. The Morgan fingerprint density at radius 3 is 2.48 bits per heavy atom. The molecule has 0 unspecified atom stereocenters. The molecule has 2 aromatic carbocycles. The second-order valence-electron chi connectivity index (χ2n) is 6.15. The van der Waals surface area contributed by atoms with Gasteiger partial charge in [-0.2, -0.15) is 4.98 Å². The molecule has 7 nitrogen and oxygen atoms in total. The molecular weight excluding hydrogens is 430 g/mol. The Morgan fingerprint density at radius 1 is 1.11 bits per heavy atom. The van der Waals surface area contributed by atoms with Crippen molar-refractivity contribution in [1.82, 2.24) is 14.8 Å². The number of allylic oxidation sites excluding steroid dienone is 1. The van der Waals surface area contributed by atoms with Gasteiger partial charge in [-0.3, -0.25) is 4.72 Å². The third kappa shape index (κ3) is 3.88. The van der Waals surface area contributed by atoms with Crippen LogP contribution in [0.25, 0.3) is 5.70 Å². The van der Waals surface area contributed by atoms with Crippen LogP contribution in [-0.2, 0) is 10.0 Å². The van der Waals surface area contributed by atoms with Gasteiger partial charge in [0.2, 0.25) is 16.0 Å². The summed E-state index contributed by atoms with van der Waals surface area (Å²) < 4.78 is 28.1. The first kappa shape index (κ1) is 17.7. The molecule has 0 fully saturated rings. The highest BCUT2D eigenvalue weighted by Crippen LogP contribution is 2.33. The largest absolute Gasteiger partial charge is 0.324 e. The highest BCUT2D eigenvalue weighted by Gasteiger charge is 2.25. The molecule has 2 N–H and O–H groups in total. The van der Waals surface area contributed by atoms with Crippen LogP contribution >= 0.6 is 15.9 Å². The zero-order valence-corrected chi connectivity index (χ0v) is 16.7. The third-order valence-electron chi connectivity index (χ3n) is 4.04. The average molecular weight is 446 g/mol. The molecule has 1 aliphatic heterocycles. The summed E-state index contributed by atoms with van der Waals surface area (Å²) in [5.74, 6) is 0.502. The normalized spacial score (nSPS) is 16.2. The van der Waals surface area contributed by atoms with Gasteiger partial charge in [0.25, 0.3) is 5.95 Å². The topological polar surface area (TPSA) is 88.9 Å². The fraction of sp³-hybridized carbons (Fsp3) is 0.111. The molecule has 0 aliphatic carbocycles. The van der Waals surface area contributed by atoms with Gasteiger partial charge >= 0.3 is 0 Å². The van der Waals surface area contributed by atoms with E-state index in [0.717, 1.165) is 27.6 Å². The van der Waals surface area contributed by atoms with Crippen molar-refractivity contribution in [1.29, 1.82) is 0 Å². The maximum absolute atomic E-state index is 11.5. The average Bonchev–Trinajstić information content (AvgIpc) is 3.02. The second kappa shape index (κ2) is 6.82. The fourth-order valence-corrected chi connectivity index (χ4v) is 3.57. The predicted molar refractivity (Wildman–Crippen MR) is 109 cm³/mol. The van der Waals surface area contributed by atoms with Crippen LogP contribution in [0.2, 0.25) is 0 Å². The molecule has 0 amide bonds. The van der Waals surface area contributed by atoms with Gasteiger partial charge in [-0.25, -0.2) is 13.1 Å². The van der Waals surface area contributed by atoms with Gasteiger partial charge in [-0.05, 0) is 29.3 Å². The van der Waals surface area contributed by atoms with Gasteiger partial charge in [0.1, 0.15) is 6.04 Å². The van der Waals surface area contributed by atoms with Crippen molar-refractivity contribution < 1.29 is 8.42 Å². The van der Waals surface area contributed by atoms with Gasteiger partial charge in [0.15, 0.2) is 0 Å². The lowest BCUT2D eigenvalue weighted by molar-refractivity contribution is 0.603. The number of nitrogens with one attached hydrogen (secondary N) is 2. The van der Waals surface area contributed by atoms with Crippen LogP contribution in [0.5, 0.6) is 0 Å². The van der Waals surface area contributed by atoms with E-state index in [-0.39, 0.29) is 12.0 Å². The standard InChI is InChI=1S/C18H16BrN5O2S/c1-27(25,26)23-17-21-18-20-15(12-7-9-14(19)10-8-12)11-16(24(18)22-17)13-5-3-2-4-6-13/h2-11,16H,1H3,(H2,20,21,22,23)/t16-/m1/s1. The monoisotopic (exact) mass is 445 g/mol. The van der Waals surface area contributed by atoms with E-state index in [9.17, 15) is 8.42 Å². The summed E-state index contributed by atoms with van der Waals surface area (Å²) in [6.45, 7) is 0. The zero-order valence-electron chi connectivity index (χ0n) is 14.3. The Labute approximate surface area is 165 Å². The third-order valence-corrected chi connectivity index (χ3v) is 5.12. The van der Waals surface area contributed by atoms with Gasteiger partial charge in [0, 0.05) is 10.2 Å². The van der Waals surface area contributed by atoms with Crippen LogP contribution in [0.3, 0.4) is 0 Å². The Kier molecular flexibility index (Phi) is 4.48. The molecule has 0 saturated carbocycles. The van der Waals surface area contributed by atoms with Gasteiger partial charge < -0.3 is 5.32 Å². The number of hydrogen-bond donors (Lipinski definition) is 2. The molecule has 1 aliphatic rings. The van der Waals surface area contributed by atoms with E-state index in [1.165, 1.54) is 0 Å². The van der Waals surface area contributed by atoms with E-state index in [1.54, 1.807) is 4.68 Å². The van der Waals surface area contributed by atoms with Crippen LogP contribution in [0.4, 0.5) is 11.9 Å². The van der Waals surface area contributed by atoms with E-state index < -0.39 is 10.0 Å². The van der Waals surface area contributed by atoms with Gasteiger partial charge in [-0.1, -0.05) is 58.4 Å². The van der Waals surface area contributed by atoms with Crippen molar-refractivity contribution in [3.63, 3.8) is 0 Å². The molecule has 2 heterocycles. The molecule has 3 aromatic rings. The number of fused-ring (bicyclic) bond motifs is 1. The van der Waals surface area contributed by atoms with Crippen molar-refractivity contribution in [2.24, 2.45) is 0 Å². The number of benzene rings is 2. The lowest BCUT2D eigenvalue weighted by atomic mass is 10.0. The summed E-state index contributed by atoms with van der Waals surface area (Å²) in [5.41, 5.74) is 2.89. The molecule has 1 atom stereocenters. The Hall–Kier alpha value is -2.65. The first-order chi connectivity index (χ1) is 12.9. The highest BCUT2D eigenvalue weighted by molar-refractivity contribution is 9.10. The number of aromatic nitrogens is 3. The van der Waals surface area contributed by atoms with E-state index in [2.05, 4.69) is 36.1 Å². The lowest BCUT2D eigenvalue weighted by Crippen LogP contribution is -2.20. The molecule has 138 valence electrons. The number of hydrogen-bond acceptors (Lipinski definition) is 5. The first-order valence-electron chi connectivity index (χ1n) is 8.13. The van der Waals surface area contributed by atoms with Gasteiger partial charge in [-0.15, -0.1) is 5.10 Å². The van der Waals surface area contributed by atoms with Crippen LogP contribution in [0.15, 0.2) is 65.1 Å². The second-order valence-corrected chi connectivity index (χ2v) is 8.81. The van der Waals surface area contributed by atoms with Crippen molar-refractivity contribution >= 4 is 43.5 Å². The summed E-state index contributed by atoms with van der Waals surface area (Å²) >= 11 is 3.44. The molecule has 1 aromatic heterocycles. The fourth-order valence-electron chi connectivity index (χ4n) is 2.89. The van der Waals surface area contributed by atoms with E-state index in [4.69, 9.17) is 0 Å². The zero-order chi connectivity index (χ0) is 19.0. The minimum Gasteiger partial charge on any atom is -0.324 e. The summed E-state index contributed by atoms with van der Waals surface area (Å²) in [6.07, 6.45) is 3.12. The minimum absolute atomic E-state index is 0.0337. The van der Waals surface area contributed by atoms with Crippen LogP contribution in [-0.4, -0.2) is 29.4 Å². The molecule has 0 spiro atoms. The number of rotatable bonds is 4. The van der Waals surface area contributed by atoms with E-state index in [1.807, 2.05) is 60.7 Å². The predicted octanol–water partition coefficient (Wildman–Crippen LogP) is 3.47. The molecule has 9 heteroatoms. The molecule has 27 heavy (non-hydrogen) atoms. The lowest BCUT2D eigenvalue weighted by Gasteiger charge is -2.24. The van der Waals surface area contributed by atoms with Crippen molar-refractivity contribution in [2.75, 3.05) is 16.3 Å². The van der Waals surface area contributed by atoms with Crippen molar-refractivity contribution in [3.8, 4) is 0 Å². The number of anilines is 2. The van der Waals surface area contributed by atoms with E-state index >= 15 is 0 Å². The van der Waals surface area contributed by atoms with Crippen LogP contribution in [0.1, 0.15) is 17.2 Å². The Balaban J connectivity index is 1.80. The molecule has 0 bridgehead atoms. The molecule has 0 radical (unpaired) electrons. The smallest absolute Gasteiger partial charge is 0.257 e. The molecule has 4 rings (SSSR count). The van der Waals surface area contributed by atoms with E-state index in [0.29, 0.717) is 5.95 Å². The van der Waals surface area contributed by atoms with Gasteiger partial charge in [0.05, 0.1) is 6.26 Å². The molecule has 0 saturated heterocycles. The summed E-state index contributed by atoms with van der Waals surface area (Å²) in [6, 6.07) is 17.6. The number of halogens is 1. The quantitative estimate of drug-likeness (QED) is 0.641. The summed E-state index contributed by atoms with van der Waals surface area (Å²) in [5, 5.41) is 7.58.